The van der Waals surface area contributed by atoms with Crippen LogP contribution in [-0.4, -0.2) is 12.6 Å². The monoisotopic (exact) mass is 1040 g/mol. The van der Waals surface area contributed by atoms with Crippen LogP contribution in [0.5, 0.6) is 0 Å². The molecule has 0 bridgehead atoms. The summed E-state index contributed by atoms with van der Waals surface area (Å²) in [6.45, 7) is 13.5. The van der Waals surface area contributed by atoms with Gasteiger partial charge in [-0.1, -0.05) is 305 Å². The maximum absolute atomic E-state index is 8.08. The van der Waals surface area contributed by atoms with Crippen molar-refractivity contribution in [3.05, 3.63) is 329 Å². The average molecular weight is 1040 g/mol. The number of hydrogen-bond donors (Lipinski definition) is 4. The SMILES string of the molecule is C=N.CC.CC/C=C\C(C)=C/Cc1ccccc1.Cc1cccc(-c2ccccc2)c1.N=C(N)c1ccccc1C1=CC=CCC1c1ccccc1Cc1cccc(-c2ccccc2)c1.NCc1cccc(-c2ccccc2)c1. The maximum atomic E-state index is 8.08. The van der Waals surface area contributed by atoms with Gasteiger partial charge in [0.05, 0.1) is 0 Å². The molecule has 9 aromatic rings. The topological polar surface area (TPSA) is 99.7 Å². The molecule has 6 N–H and O–H groups in total. The highest BCUT2D eigenvalue weighted by Gasteiger charge is 2.24. The summed E-state index contributed by atoms with van der Waals surface area (Å²) in [4.78, 5) is 0. The highest BCUT2D eigenvalue weighted by molar-refractivity contribution is 6.00. The van der Waals surface area contributed by atoms with Crippen LogP contribution in [0.1, 0.15) is 91.0 Å². The van der Waals surface area contributed by atoms with Crippen molar-refractivity contribution in [3.8, 4) is 33.4 Å². The number of nitrogens with one attached hydrogen (secondary N) is 2. The second-order valence-electron chi connectivity index (χ2n) is 18.7. The van der Waals surface area contributed by atoms with Crippen molar-refractivity contribution in [1.29, 1.82) is 10.8 Å². The smallest absolute Gasteiger partial charge is 0.123 e. The number of nitrogen functional groups attached to an aromatic ring is 1. The Hall–Kier alpha value is -8.96. The van der Waals surface area contributed by atoms with E-state index in [2.05, 4.69) is 252 Å². The number of nitrogens with two attached hydrogens (primary N) is 2. The van der Waals surface area contributed by atoms with Crippen molar-refractivity contribution in [2.45, 2.75) is 72.8 Å². The summed E-state index contributed by atoms with van der Waals surface area (Å²) < 4.78 is 0. The van der Waals surface area contributed by atoms with Crippen LogP contribution in [0.25, 0.3) is 39.0 Å². The lowest BCUT2D eigenvalue weighted by atomic mass is 9.78. The lowest BCUT2D eigenvalue weighted by Gasteiger charge is -2.26. The summed E-state index contributed by atoms with van der Waals surface area (Å²) in [7, 11) is 0. The fraction of sp³-hybridized carbons (Fsp3) is 0.147. The highest BCUT2D eigenvalue weighted by atomic mass is 14.7. The van der Waals surface area contributed by atoms with E-state index in [1.165, 1.54) is 77.9 Å². The highest BCUT2D eigenvalue weighted by Crippen LogP contribution is 2.41. The molecule has 1 aliphatic carbocycles. The molecule has 0 saturated carbocycles. The number of amidine groups is 1. The normalized spacial score (nSPS) is 12.2. The summed E-state index contributed by atoms with van der Waals surface area (Å²) in [5.41, 5.74) is 31.3. The Bertz CT molecular complexity index is 3320. The second-order valence-corrected chi connectivity index (χ2v) is 18.7. The fourth-order valence-corrected chi connectivity index (χ4v) is 9.15. The van der Waals surface area contributed by atoms with Gasteiger partial charge in [-0.2, -0.15) is 0 Å². The Labute approximate surface area is 473 Å². The van der Waals surface area contributed by atoms with E-state index >= 15 is 0 Å². The van der Waals surface area contributed by atoms with Gasteiger partial charge in [0.1, 0.15) is 5.84 Å². The molecule has 9 aromatic carbocycles. The average Bonchev–Trinajstić information content (AvgIpc) is 3.54. The van der Waals surface area contributed by atoms with E-state index in [0.29, 0.717) is 6.54 Å². The van der Waals surface area contributed by atoms with E-state index in [-0.39, 0.29) is 11.8 Å². The summed E-state index contributed by atoms with van der Waals surface area (Å²) in [6, 6.07) is 84.3. The molecule has 0 heterocycles. The molecule has 4 heteroatoms. The van der Waals surface area contributed by atoms with Crippen molar-refractivity contribution in [2.75, 3.05) is 0 Å². The van der Waals surface area contributed by atoms with Crippen molar-refractivity contribution in [2.24, 2.45) is 11.5 Å². The third kappa shape index (κ3) is 19.8. The number of hydrogen-bond acceptors (Lipinski definition) is 3. The van der Waals surface area contributed by atoms with Gasteiger partial charge >= 0.3 is 0 Å². The molecule has 10 rings (SSSR count). The van der Waals surface area contributed by atoms with Crippen molar-refractivity contribution < 1.29 is 0 Å². The van der Waals surface area contributed by atoms with E-state index in [9.17, 15) is 0 Å². The minimum atomic E-state index is 0.107. The van der Waals surface area contributed by atoms with Crippen LogP contribution in [0.2, 0.25) is 0 Å². The first kappa shape index (κ1) is 60.9. The van der Waals surface area contributed by atoms with Gasteiger partial charge in [0.2, 0.25) is 0 Å². The Morgan fingerprint density at radius 2 is 1.03 bits per heavy atom. The van der Waals surface area contributed by atoms with E-state index in [4.69, 9.17) is 22.3 Å². The van der Waals surface area contributed by atoms with Crippen molar-refractivity contribution in [3.63, 3.8) is 0 Å². The van der Waals surface area contributed by atoms with Gasteiger partial charge in [0, 0.05) is 18.0 Å². The summed E-state index contributed by atoms with van der Waals surface area (Å²) >= 11 is 0. The first-order valence-corrected chi connectivity index (χ1v) is 27.5. The number of aryl methyl sites for hydroxylation is 1. The van der Waals surface area contributed by atoms with Crippen molar-refractivity contribution >= 4 is 18.1 Å². The minimum absolute atomic E-state index is 0.107. The number of benzene rings is 9. The van der Waals surface area contributed by atoms with Crippen LogP contribution >= 0.6 is 0 Å². The Morgan fingerprint density at radius 3 is 1.58 bits per heavy atom. The van der Waals surface area contributed by atoms with Crippen LogP contribution in [0.3, 0.4) is 0 Å². The molecule has 1 unspecified atom stereocenters. The van der Waals surface area contributed by atoms with Gasteiger partial charge in [-0.25, -0.2) is 0 Å². The fourth-order valence-electron chi connectivity index (χ4n) is 9.15. The van der Waals surface area contributed by atoms with Crippen LogP contribution in [0.15, 0.2) is 285 Å². The van der Waals surface area contributed by atoms with Crippen LogP contribution in [0.4, 0.5) is 0 Å². The Kier molecular flexibility index (Phi) is 26.7. The molecule has 0 spiro atoms. The lowest BCUT2D eigenvalue weighted by molar-refractivity contribution is 0.857. The minimum Gasteiger partial charge on any atom is -0.384 e. The van der Waals surface area contributed by atoms with Gasteiger partial charge in [0.25, 0.3) is 0 Å². The van der Waals surface area contributed by atoms with Crippen LogP contribution < -0.4 is 11.5 Å². The van der Waals surface area contributed by atoms with Gasteiger partial charge in [0.15, 0.2) is 0 Å². The first-order chi connectivity index (χ1) is 38.8. The van der Waals surface area contributed by atoms with Gasteiger partial charge in [-0.05, 0) is 125 Å². The van der Waals surface area contributed by atoms with E-state index in [1.807, 2.05) is 68.4 Å². The molecule has 0 aromatic heterocycles. The standard InChI is InChI=1S/C32H28N2.C14H18.C13H13N.C13H12.C2H6.CH3N/c33-32(34)31-20-9-8-19-30(31)29-18-7-6-17-28(29)27-16-5-4-14-26(27)22-23-11-10-15-25(21-23)24-12-2-1-3-13-24;1-3-4-8-13(2)11-12-14-9-6-5-7-10-14;14-10-11-5-4-8-13(9-11)12-6-2-1-3-7-12;1-11-6-5-9-13(10-11)12-7-3-2-4-8-12;2*1-2/h1-16,18-21,28H,17,22H2,(H3,33,34);4-11H,3,12H2,1-2H3;1-9H,10,14H2;2-10H,1H3;1-2H3;2H,1H2/b;8-4-,13-11-;;;;. The number of rotatable bonds is 13. The molecule has 0 aliphatic heterocycles. The largest absolute Gasteiger partial charge is 0.384 e. The van der Waals surface area contributed by atoms with Crippen LogP contribution in [-0.2, 0) is 19.4 Å². The summed E-state index contributed by atoms with van der Waals surface area (Å²) in [6.07, 6.45) is 17.1. The van der Waals surface area contributed by atoms with E-state index in [0.717, 1.165) is 36.8 Å². The van der Waals surface area contributed by atoms with E-state index < -0.39 is 0 Å². The Balaban J connectivity index is 0.000000211. The molecule has 0 fully saturated rings. The number of allylic oxidation sites excluding steroid dienone is 8. The predicted molar refractivity (Wildman–Crippen MR) is 344 cm³/mol. The second kappa shape index (κ2) is 34.7. The molecule has 1 aliphatic rings. The Morgan fingerprint density at radius 1 is 0.557 bits per heavy atom. The molecule has 1 atom stereocenters. The van der Waals surface area contributed by atoms with Gasteiger partial charge in [-0.3, -0.25) is 5.41 Å². The van der Waals surface area contributed by atoms with Gasteiger partial charge < -0.3 is 16.9 Å². The molecule has 0 saturated heterocycles. The zero-order chi connectivity index (χ0) is 56.5. The lowest BCUT2D eigenvalue weighted by Crippen LogP contribution is -2.16. The molecule has 0 amide bonds. The third-order valence-corrected chi connectivity index (χ3v) is 13.1. The van der Waals surface area contributed by atoms with E-state index in [1.54, 1.807) is 0 Å². The van der Waals surface area contributed by atoms with Crippen LogP contribution in [0, 0.1) is 17.7 Å². The van der Waals surface area contributed by atoms with Crippen molar-refractivity contribution in [1.82, 2.24) is 0 Å². The molecular weight excluding hydrogens is 957 g/mol. The zero-order valence-corrected chi connectivity index (χ0v) is 47.0. The summed E-state index contributed by atoms with van der Waals surface area (Å²) in [5, 5.41) is 13.6. The summed E-state index contributed by atoms with van der Waals surface area (Å²) in [5.74, 6) is 0.329. The maximum Gasteiger partial charge on any atom is 0.123 e. The molecule has 79 heavy (non-hydrogen) atoms. The quantitative estimate of drug-likeness (QED) is 0.0525. The third-order valence-electron chi connectivity index (χ3n) is 13.1. The first-order valence-electron chi connectivity index (χ1n) is 27.5. The zero-order valence-electron chi connectivity index (χ0n) is 47.0. The predicted octanol–water partition coefficient (Wildman–Crippen LogP) is 19.3. The molecule has 4 nitrogen and oxygen atoms in total. The molecule has 400 valence electrons. The molecular formula is C75H80N4. The van der Waals surface area contributed by atoms with Gasteiger partial charge in [-0.15, -0.1) is 0 Å². The molecule has 0 radical (unpaired) electrons.